The van der Waals surface area contributed by atoms with E-state index in [2.05, 4.69) is 5.32 Å². The Morgan fingerprint density at radius 1 is 1.37 bits per heavy atom. The second kappa shape index (κ2) is 6.02. The molecule has 4 nitrogen and oxygen atoms in total. The molecule has 5 heteroatoms. The zero-order chi connectivity index (χ0) is 14.6. The molecule has 0 radical (unpaired) electrons. The third kappa shape index (κ3) is 3.67. The smallest absolute Gasteiger partial charge is 0.252 e. The van der Waals surface area contributed by atoms with Gasteiger partial charge in [-0.15, -0.1) is 0 Å². The van der Waals surface area contributed by atoms with Gasteiger partial charge in [0.05, 0.1) is 10.5 Å². The van der Waals surface area contributed by atoms with Gasteiger partial charge in [-0.2, -0.15) is 0 Å². The summed E-state index contributed by atoms with van der Waals surface area (Å²) in [7, 11) is 3.91. The van der Waals surface area contributed by atoms with E-state index < -0.39 is 5.54 Å². The number of carbonyl (C=O) groups is 1. The Morgan fingerprint density at radius 3 is 2.26 bits per heavy atom. The van der Waals surface area contributed by atoms with Gasteiger partial charge in [0.15, 0.2) is 0 Å². The van der Waals surface area contributed by atoms with E-state index in [1.54, 1.807) is 12.1 Å². The van der Waals surface area contributed by atoms with Crippen LogP contribution in [0, 0.1) is 0 Å². The quantitative estimate of drug-likeness (QED) is 0.809. The van der Waals surface area contributed by atoms with Crippen LogP contribution in [0.2, 0.25) is 0 Å². The number of hydrogen-bond donors (Lipinski definition) is 2. The van der Waals surface area contributed by atoms with Crippen molar-refractivity contribution in [3.8, 4) is 0 Å². The third-order valence-electron chi connectivity index (χ3n) is 3.29. The first kappa shape index (κ1) is 15.4. The van der Waals surface area contributed by atoms with Crippen LogP contribution in [0.3, 0.4) is 0 Å². The van der Waals surface area contributed by atoms with Crippen LogP contribution in [0.1, 0.15) is 30.6 Å². The van der Waals surface area contributed by atoms with E-state index in [1.807, 2.05) is 45.0 Å². The van der Waals surface area contributed by atoms with Gasteiger partial charge in [0.2, 0.25) is 0 Å². The molecule has 3 N–H and O–H groups in total. The number of rotatable bonds is 5. The van der Waals surface area contributed by atoms with Crippen molar-refractivity contribution < 1.29 is 4.79 Å². The zero-order valence-electron chi connectivity index (χ0n) is 11.9. The molecule has 1 aromatic carbocycles. The fourth-order valence-electron chi connectivity index (χ4n) is 1.56. The van der Waals surface area contributed by atoms with Crippen LogP contribution in [0.15, 0.2) is 24.3 Å². The molecule has 0 spiro atoms. The summed E-state index contributed by atoms with van der Waals surface area (Å²) in [6.07, 6.45) is 0.657. The van der Waals surface area contributed by atoms with Crippen molar-refractivity contribution in [3.05, 3.63) is 29.8 Å². The number of hydrogen-bond acceptors (Lipinski definition) is 3. The van der Waals surface area contributed by atoms with Crippen LogP contribution in [0.4, 0.5) is 5.69 Å². The topological polar surface area (TPSA) is 58.4 Å². The predicted octanol–water partition coefficient (Wildman–Crippen LogP) is 1.94. The highest BCUT2D eigenvalue weighted by atomic mass is 32.1. The first-order valence-corrected chi connectivity index (χ1v) is 6.61. The van der Waals surface area contributed by atoms with Crippen LogP contribution in [0.25, 0.3) is 0 Å². The van der Waals surface area contributed by atoms with Crippen LogP contribution < -0.4 is 16.0 Å². The van der Waals surface area contributed by atoms with E-state index in [9.17, 15) is 4.79 Å². The van der Waals surface area contributed by atoms with Crippen molar-refractivity contribution in [1.82, 2.24) is 5.32 Å². The zero-order valence-corrected chi connectivity index (χ0v) is 12.7. The molecule has 0 aliphatic heterocycles. The summed E-state index contributed by atoms with van der Waals surface area (Å²) in [5.74, 6) is -0.164. The van der Waals surface area contributed by atoms with Gasteiger partial charge in [-0.1, -0.05) is 19.1 Å². The number of anilines is 1. The van der Waals surface area contributed by atoms with Gasteiger partial charge in [0.1, 0.15) is 0 Å². The van der Waals surface area contributed by atoms with Crippen LogP contribution >= 0.6 is 12.2 Å². The highest BCUT2D eigenvalue weighted by Gasteiger charge is 2.27. The summed E-state index contributed by atoms with van der Waals surface area (Å²) in [6, 6.07) is 7.39. The summed E-state index contributed by atoms with van der Waals surface area (Å²) in [5.41, 5.74) is 6.68. The van der Waals surface area contributed by atoms with Crippen molar-refractivity contribution in [2.45, 2.75) is 25.8 Å². The van der Waals surface area contributed by atoms with Crippen molar-refractivity contribution >= 4 is 28.8 Å². The Morgan fingerprint density at radius 2 is 1.89 bits per heavy atom. The molecule has 0 saturated heterocycles. The molecular weight excluding hydrogens is 258 g/mol. The van der Waals surface area contributed by atoms with Gasteiger partial charge in [0, 0.05) is 25.3 Å². The van der Waals surface area contributed by atoms with Gasteiger partial charge in [-0.3, -0.25) is 4.79 Å². The molecule has 0 aromatic heterocycles. The minimum Gasteiger partial charge on any atom is -0.391 e. The fraction of sp³-hybridized carbons (Fsp3) is 0.429. The molecule has 19 heavy (non-hydrogen) atoms. The van der Waals surface area contributed by atoms with E-state index >= 15 is 0 Å². The Bertz CT molecular complexity index is 470. The Hall–Kier alpha value is -1.62. The maximum absolute atomic E-state index is 12.2. The molecule has 0 heterocycles. The number of nitrogens with zero attached hydrogens (tertiary/aromatic N) is 1. The van der Waals surface area contributed by atoms with Crippen molar-refractivity contribution in [2.24, 2.45) is 5.73 Å². The molecule has 0 aliphatic carbocycles. The largest absolute Gasteiger partial charge is 0.391 e. The average molecular weight is 279 g/mol. The Balaban J connectivity index is 2.86. The van der Waals surface area contributed by atoms with E-state index in [-0.39, 0.29) is 5.91 Å². The number of benzene rings is 1. The Labute approximate surface area is 120 Å². The SMILES string of the molecule is CCC(C)(NC(=O)c1ccc(N(C)C)cc1)C(N)=S. The standard InChI is InChI=1S/C14H21N3OS/c1-5-14(2,13(15)19)16-12(18)10-6-8-11(9-7-10)17(3)4/h6-9H,5H2,1-4H3,(H2,15,19)(H,16,18). The summed E-state index contributed by atoms with van der Waals surface area (Å²) in [4.78, 5) is 14.4. The van der Waals surface area contributed by atoms with Gasteiger partial charge in [-0.25, -0.2) is 0 Å². The maximum Gasteiger partial charge on any atom is 0.252 e. The predicted molar refractivity (Wildman–Crippen MR) is 83.7 cm³/mol. The number of nitrogens with one attached hydrogen (secondary N) is 1. The lowest BCUT2D eigenvalue weighted by molar-refractivity contribution is 0.0926. The van der Waals surface area contributed by atoms with E-state index in [0.29, 0.717) is 17.0 Å². The molecular formula is C14H21N3OS. The minimum absolute atomic E-state index is 0.164. The van der Waals surface area contributed by atoms with Gasteiger partial charge < -0.3 is 16.0 Å². The van der Waals surface area contributed by atoms with Crippen molar-refractivity contribution in [3.63, 3.8) is 0 Å². The van der Waals surface area contributed by atoms with Crippen LogP contribution in [-0.2, 0) is 0 Å². The Kier molecular flexibility index (Phi) is 4.89. The molecule has 1 amide bonds. The van der Waals surface area contributed by atoms with Crippen LogP contribution in [0.5, 0.6) is 0 Å². The monoisotopic (exact) mass is 279 g/mol. The molecule has 1 aromatic rings. The lowest BCUT2D eigenvalue weighted by Gasteiger charge is -2.28. The first-order chi connectivity index (χ1) is 8.80. The van der Waals surface area contributed by atoms with Crippen molar-refractivity contribution in [2.75, 3.05) is 19.0 Å². The second-order valence-electron chi connectivity index (χ2n) is 4.95. The van der Waals surface area contributed by atoms with Crippen LogP contribution in [-0.4, -0.2) is 30.5 Å². The summed E-state index contributed by atoms with van der Waals surface area (Å²) >= 11 is 5.01. The molecule has 104 valence electrons. The molecule has 0 fully saturated rings. The number of nitrogens with two attached hydrogens (primary N) is 1. The lowest BCUT2D eigenvalue weighted by atomic mass is 9.98. The fourth-order valence-corrected chi connectivity index (χ4v) is 1.75. The third-order valence-corrected chi connectivity index (χ3v) is 3.74. The number of amides is 1. The molecule has 1 rings (SSSR count). The van der Waals surface area contributed by atoms with Crippen molar-refractivity contribution in [1.29, 1.82) is 0 Å². The van der Waals surface area contributed by atoms with Gasteiger partial charge >= 0.3 is 0 Å². The molecule has 1 atom stereocenters. The highest BCUT2D eigenvalue weighted by Crippen LogP contribution is 2.15. The second-order valence-corrected chi connectivity index (χ2v) is 5.39. The average Bonchev–Trinajstić information content (AvgIpc) is 2.38. The van der Waals surface area contributed by atoms with E-state index in [0.717, 1.165) is 5.69 Å². The minimum atomic E-state index is -0.646. The summed E-state index contributed by atoms with van der Waals surface area (Å²) in [5, 5.41) is 2.89. The number of carbonyl (C=O) groups excluding carboxylic acids is 1. The molecule has 1 unspecified atom stereocenters. The molecule has 0 saturated carbocycles. The highest BCUT2D eigenvalue weighted by molar-refractivity contribution is 7.80. The number of thiocarbonyl (C=S) groups is 1. The van der Waals surface area contributed by atoms with Gasteiger partial charge in [-0.05, 0) is 37.6 Å². The van der Waals surface area contributed by atoms with Gasteiger partial charge in [0.25, 0.3) is 5.91 Å². The maximum atomic E-state index is 12.2. The molecule has 0 aliphatic rings. The molecule has 0 bridgehead atoms. The summed E-state index contributed by atoms with van der Waals surface area (Å²) < 4.78 is 0. The summed E-state index contributed by atoms with van der Waals surface area (Å²) in [6.45, 7) is 3.77. The first-order valence-electron chi connectivity index (χ1n) is 6.20. The lowest BCUT2D eigenvalue weighted by Crippen LogP contribution is -2.54. The normalized spacial score (nSPS) is 13.5. The van der Waals surface area contributed by atoms with E-state index in [4.69, 9.17) is 18.0 Å². The van der Waals surface area contributed by atoms with E-state index in [1.165, 1.54) is 0 Å².